The van der Waals surface area contributed by atoms with Gasteiger partial charge in [0, 0.05) is 19.3 Å². The molecule has 1 N–H and O–H groups in total. The molecule has 1 heterocycles. The molecule has 3 nitrogen and oxygen atoms in total. The minimum Gasteiger partial charge on any atom is -0.454 e. The van der Waals surface area contributed by atoms with Crippen LogP contribution in [0, 0.1) is 0 Å². The lowest BCUT2D eigenvalue weighted by Gasteiger charge is -2.38. The molecule has 0 bridgehead atoms. The molecule has 1 aliphatic heterocycles. The summed E-state index contributed by atoms with van der Waals surface area (Å²) in [7, 11) is 2.19. The maximum Gasteiger partial charge on any atom is 0.306 e. The van der Waals surface area contributed by atoms with E-state index in [1.165, 1.54) is 4.90 Å². The van der Waals surface area contributed by atoms with E-state index in [1.54, 1.807) is 0 Å². The van der Waals surface area contributed by atoms with Crippen molar-refractivity contribution >= 4 is 5.97 Å². The van der Waals surface area contributed by atoms with E-state index in [9.17, 15) is 4.79 Å². The van der Waals surface area contributed by atoms with Gasteiger partial charge >= 0.3 is 5.97 Å². The van der Waals surface area contributed by atoms with Crippen LogP contribution in [0.15, 0.2) is 30.3 Å². The molecular weight excluding hydrogens is 226 g/mol. The van der Waals surface area contributed by atoms with E-state index in [2.05, 4.69) is 19.2 Å². The van der Waals surface area contributed by atoms with Crippen LogP contribution in [-0.4, -0.2) is 26.1 Å². The van der Waals surface area contributed by atoms with Crippen molar-refractivity contribution < 1.29 is 14.4 Å². The molecule has 0 aromatic heterocycles. The maximum absolute atomic E-state index is 11.7. The molecule has 0 atom stereocenters. The van der Waals surface area contributed by atoms with Gasteiger partial charge in [-0.05, 0) is 5.56 Å². The fraction of sp³-hybridized carbons (Fsp3) is 0.533. The number of carbonyl (C=O) groups excluding carboxylic acids is 1. The summed E-state index contributed by atoms with van der Waals surface area (Å²) in [6, 6.07) is 10.2. The number of ether oxygens (including phenoxy) is 1. The molecule has 0 aliphatic carbocycles. The Morgan fingerprint density at radius 1 is 1.28 bits per heavy atom. The number of nitrogens with one attached hydrogen (secondary N) is 1. The molecule has 2 rings (SSSR count). The summed E-state index contributed by atoms with van der Waals surface area (Å²) in [6.07, 6.45) is 2.26. The minimum atomic E-state index is -0.395. The average Bonchev–Trinajstić information content (AvgIpc) is 2.42. The number of benzene rings is 1. The first-order chi connectivity index (χ1) is 8.66. The number of esters is 1. The maximum atomic E-state index is 11.7. The highest BCUT2D eigenvalue weighted by molar-refractivity contribution is 5.69. The second-order valence-electron chi connectivity index (χ2n) is 5.15. The van der Waals surface area contributed by atoms with Crippen LogP contribution in [0.1, 0.15) is 31.7 Å². The monoisotopic (exact) mass is 248 g/mol. The van der Waals surface area contributed by atoms with Crippen molar-refractivity contribution in [2.24, 2.45) is 0 Å². The summed E-state index contributed by atoms with van der Waals surface area (Å²) in [6.45, 7) is 3.94. The van der Waals surface area contributed by atoms with Gasteiger partial charge < -0.3 is 9.64 Å². The highest BCUT2D eigenvalue weighted by Crippen LogP contribution is 2.34. The first kappa shape index (κ1) is 13.1. The first-order valence-corrected chi connectivity index (χ1v) is 6.75. The van der Waals surface area contributed by atoms with E-state index in [4.69, 9.17) is 4.74 Å². The Hall–Kier alpha value is -1.35. The molecule has 1 aliphatic rings. The van der Waals surface area contributed by atoms with Crippen LogP contribution in [-0.2, 0) is 15.1 Å². The highest BCUT2D eigenvalue weighted by atomic mass is 16.6. The van der Waals surface area contributed by atoms with E-state index < -0.39 is 5.60 Å². The number of hydrogen-bond donors (Lipinski definition) is 1. The molecule has 98 valence electrons. The highest BCUT2D eigenvalue weighted by Gasteiger charge is 2.40. The molecule has 18 heavy (non-hydrogen) atoms. The van der Waals surface area contributed by atoms with Crippen LogP contribution in [0.3, 0.4) is 0 Å². The number of carbonyl (C=O) groups is 1. The van der Waals surface area contributed by atoms with Crippen LogP contribution < -0.4 is 4.90 Å². The van der Waals surface area contributed by atoms with Crippen molar-refractivity contribution in [2.75, 3.05) is 20.1 Å². The standard InChI is InChI=1S/C15H21NO2/c1-3-14(17)18-15(9-11-16(2)12-10-15)13-7-5-4-6-8-13/h4-8H,3,9-12H2,1-2H3/p+1. The lowest BCUT2D eigenvalue weighted by Crippen LogP contribution is -3.10. The second kappa shape index (κ2) is 5.53. The fourth-order valence-electron chi connectivity index (χ4n) is 2.56. The average molecular weight is 248 g/mol. The van der Waals surface area contributed by atoms with Crippen LogP contribution in [0.2, 0.25) is 0 Å². The van der Waals surface area contributed by atoms with Gasteiger partial charge in [-0.1, -0.05) is 37.3 Å². The Labute approximate surface area is 109 Å². The molecule has 0 unspecified atom stereocenters. The van der Waals surface area contributed by atoms with Crippen molar-refractivity contribution in [3.8, 4) is 0 Å². The number of piperidine rings is 1. The van der Waals surface area contributed by atoms with Gasteiger partial charge in [-0.25, -0.2) is 0 Å². The molecule has 0 radical (unpaired) electrons. The minimum absolute atomic E-state index is 0.0987. The van der Waals surface area contributed by atoms with Crippen molar-refractivity contribution in [3.63, 3.8) is 0 Å². The van der Waals surface area contributed by atoms with E-state index >= 15 is 0 Å². The molecule has 0 saturated carbocycles. The predicted octanol–water partition coefficient (Wildman–Crippen LogP) is 1.14. The van der Waals surface area contributed by atoms with E-state index in [1.807, 2.05) is 25.1 Å². The summed E-state index contributed by atoms with van der Waals surface area (Å²) in [5.41, 5.74) is 0.743. The predicted molar refractivity (Wildman–Crippen MR) is 70.4 cm³/mol. The lowest BCUT2D eigenvalue weighted by molar-refractivity contribution is -0.887. The SMILES string of the molecule is CCC(=O)OC1(c2ccccc2)CC[NH+](C)CC1. The van der Waals surface area contributed by atoms with Gasteiger partial charge in [-0.15, -0.1) is 0 Å². The van der Waals surface area contributed by atoms with Crippen molar-refractivity contribution in [3.05, 3.63) is 35.9 Å². The Balaban J connectivity index is 2.25. The molecule has 1 aromatic rings. The molecule has 1 aromatic carbocycles. The first-order valence-electron chi connectivity index (χ1n) is 6.75. The largest absolute Gasteiger partial charge is 0.454 e. The molecule has 0 spiro atoms. The zero-order chi connectivity index (χ0) is 13.0. The third-order valence-corrected chi connectivity index (χ3v) is 3.81. The van der Waals surface area contributed by atoms with Crippen molar-refractivity contribution in [2.45, 2.75) is 31.8 Å². The lowest BCUT2D eigenvalue weighted by atomic mass is 9.84. The van der Waals surface area contributed by atoms with Gasteiger partial charge in [0.25, 0.3) is 0 Å². The molecule has 1 saturated heterocycles. The molecule has 1 fully saturated rings. The molecular formula is C15H22NO2+. The van der Waals surface area contributed by atoms with E-state index in [0.29, 0.717) is 6.42 Å². The van der Waals surface area contributed by atoms with Crippen LogP contribution in [0.5, 0.6) is 0 Å². The molecule has 3 heteroatoms. The topological polar surface area (TPSA) is 30.7 Å². The van der Waals surface area contributed by atoms with Crippen LogP contribution >= 0.6 is 0 Å². The van der Waals surface area contributed by atoms with Crippen molar-refractivity contribution in [1.82, 2.24) is 0 Å². The number of likely N-dealkylation sites (tertiary alicyclic amines) is 1. The van der Waals surface area contributed by atoms with Crippen LogP contribution in [0.4, 0.5) is 0 Å². The summed E-state index contributed by atoms with van der Waals surface area (Å²) < 4.78 is 5.81. The summed E-state index contributed by atoms with van der Waals surface area (Å²) >= 11 is 0. The van der Waals surface area contributed by atoms with E-state index in [0.717, 1.165) is 31.5 Å². The number of hydrogen-bond acceptors (Lipinski definition) is 2. The van der Waals surface area contributed by atoms with Gasteiger partial charge in [0.1, 0.15) is 5.60 Å². The molecule has 0 amide bonds. The Morgan fingerprint density at radius 3 is 2.44 bits per heavy atom. The third-order valence-electron chi connectivity index (χ3n) is 3.81. The van der Waals surface area contributed by atoms with Crippen molar-refractivity contribution in [1.29, 1.82) is 0 Å². The zero-order valence-corrected chi connectivity index (χ0v) is 11.2. The van der Waals surface area contributed by atoms with Gasteiger partial charge in [-0.3, -0.25) is 4.79 Å². The van der Waals surface area contributed by atoms with Gasteiger partial charge in [0.05, 0.1) is 20.1 Å². The summed E-state index contributed by atoms with van der Waals surface area (Å²) in [4.78, 5) is 13.2. The number of quaternary nitrogens is 1. The van der Waals surface area contributed by atoms with Crippen LogP contribution in [0.25, 0.3) is 0 Å². The number of rotatable bonds is 3. The van der Waals surface area contributed by atoms with Gasteiger partial charge in [0.2, 0.25) is 0 Å². The van der Waals surface area contributed by atoms with Gasteiger partial charge in [-0.2, -0.15) is 0 Å². The van der Waals surface area contributed by atoms with E-state index in [-0.39, 0.29) is 5.97 Å². The quantitative estimate of drug-likeness (QED) is 0.813. The third kappa shape index (κ3) is 2.72. The Bertz CT molecular complexity index is 394. The van der Waals surface area contributed by atoms with Gasteiger partial charge in [0.15, 0.2) is 0 Å². The summed E-state index contributed by atoms with van der Waals surface area (Å²) in [5.74, 6) is -0.0987. The summed E-state index contributed by atoms with van der Waals surface area (Å²) in [5, 5.41) is 0. The smallest absolute Gasteiger partial charge is 0.306 e. The second-order valence-corrected chi connectivity index (χ2v) is 5.15. The Kier molecular flexibility index (Phi) is 4.02. The zero-order valence-electron chi connectivity index (χ0n) is 11.2. The Morgan fingerprint density at radius 2 is 1.89 bits per heavy atom. The normalized spacial score (nSPS) is 27.8. The fourth-order valence-corrected chi connectivity index (χ4v) is 2.56.